The molecule has 10 aromatic rings. The summed E-state index contributed by atoms with van der Waals surface area (Å²) in [5, 5.41) is 15.1. The summed E-state index contributed by atoms with van der Waals surface area (Å²) in [6.07, 6.45) is 16.0. The highest BCUT2D eigenvalue weighted by atomic mass is 32.1. The number of hydrogen-bond donors (Lipinski definition) is 1. The fraction of sp³-hybridized carbons (Fsp3) is 0.269. The third-order valence-corrected chi connectivity index (χ3v) is 18.8. The van der Waals surface area contributed by atoms with Gasteiger partial charge in [0.1, 0.15) is 0 Å². The number of rotatable bonds is 19. The predicted molar refractivity (Wildman–Crippen MR) is 315 cm³/mol. The number of benzene rings is 6. The van der Waals surface area contributed by atoms with Gasteiger partial charge in [0, 0.05) is 47.4 Å². The van der Waals surface area contributed by atoms with E-state index in [4.69, 9.17) is 4.98 Å². The van der Waals surface area contributed by atoms with Crippen molar-refractivity contribution in [2.45, 2.75) is 116 Å². The standard InChI is InChI=1S/C67H64N4O2S2/c1-5-9-37-66(38-10-6-2)54-21-15-13-19-49(54)51-32-29-46(41-56(51)66)70(47-30-33-52-50-20-14-16-22-55(50)67(39-11-7-3,40-12-8-4)57(52)42-47)45-27-25-44(26-28-45)60-35-36-62(75-60)61-34-31-48(74-61)43-53-63(65(72)73)69-71-59-24-18-17-23-58(59)68-64(53)71/h13-36,41-43H,5-12,37-40H2,1-4H3,(H,72,73)/b53-43-. The molecule has 2 aliphatic rings. The van der Waals surface area contributed by atoms with Crippen LogP contribution in [0.25, 0.3) is 65.2 Å². The Morgan fingerprint density at radius 1 is 0.547 bits per heavy atom. The summed E-state index contributed by atoms with van der Waals surface area (Å²) in [7, 11) is 0. The van der Waals surface area contributed by atoms with Crippen molar-refractivity contribution in [1.82, 2.24) is 14.6 Å². The van der Waals surface area contributed by atoms with E-state index >= 15 is 0 Å². The molecule has 0 bridgehead atoms. The highest BCUT2D eigenvalue weighted by Gasteiger charge is 2.44. The SMILES string of the molecule is CCCCC1(CCCC)c2ccccc2-c2ccc(N(c3ccc(-c4ccc(-c5ccc(/C=c6/c(C(=O)O)nn7c6nc6ccccc67)s5)s4)cc3)c3ccc4c(c3)C(CCCC)(CCCC)c3ccccc3-4)cc21. The number of imidazole rings is 1. The van der Waals surface area contributed by atoms with Crippen LogP contribution >= 0.6 is 22.7 Å². The molecule has 0 aliphatic heterocycles. The Balaban J connectivity index is 0.942. The molecule has 12 rings (SSSR count). The number of para-hydroxylation sites is 2. The van der Waals surface area contributed by atoms with E-state index in [1.807, 2.05) is 30.3 Å². The van der Waals surface area contributed by atoms with Crippen molar-refractivity contribution in [2.24, 2.45) is 0 Å². The zero-order valence-corrected chi connectivity index (χ0v) is 45.2. The molecule has 0 amide bonds. The van der Waals surface area contributed by atoms with Gasteiger partial charge in [-0.3, -0.25) is 0 Å². The van der Waals surface area contributed by atoms with Gasteiger partial charge in [0.25, 0.3) is 0 Å². The number of unbranched alkanes of at least 4 members (excludes halogenated alkanes) is 4. The average Bonchev–Trinajstić information content (AvgIpc) is 4.34. The molecule has 4 heterocycles. The van der Waals surface area contributed by atoms with Gasteiger partial charge < -0.3 is 10.0 Å². The number of aromatic nitrogens is 3. The van der Waals surface area contributed by atoms with E-state index in [-0.39, 0.29) is 16.5 Å². The monoisotopic (exact) mass is 1020 g/mol. The van der Waals surface area contributed by atoms with Crippen molar-refractivity contribution in [3.05, 3.63) is 196 Å². The minimum atomic E-state index is -1.07. The Hall–Kier alpha value is -7.13. The van der Waals surface area contributed by atoms with E-state index in [1.165, 1.54) is 123 Å². The number of carbonyl (C=O) groups is 1. The Morgan fingerprint density at radius 2 is 1.04 bits per heavy atom. The van der Waals surface area contributed by atoms with Gasteiger partial charge in [-0.2, -0.15) is 5.10 Å². The third kappa shape index (κ3) is 8.32. The summed E-state index contributed by atoms with van der Waals surface area (Å²) in [4.78, 5) is 24.1. The first-order chi connectivity index (χ1) is 36.8. The number of fused-ring (bicyclic) bond motifs is 9. The number of nitrogens with zero attached hydrogens (tertiary/aromatic N) is 4. The smallest absolute Gasteiger partial charge is 0.357 e. The van der Waals surface area contributed by atoms with Crippen molar-refractivity contribution in [2.75, 3.05) is 4.90 Å². The zero-order valence-electron chi connectivity index (χ0n) is 43.5. The van der Waals surface area contributed by atoms with Crippen molar-refractivity contribution >= 4 is 68.5 Å². The first-order valence-corrected chi connectivity index (χ1v) is 29.0. The molecule has 8 heteroatoms. The second-order valence-electron chi connectivity index (χ2n) is 20.9. The van der Waals surface area contributed by atoms with Gasteiger partial charge in [0.2, 0.25) is 0 Å². The van der Waals surface area contributed by atoms with E-state index in [2.05, 4.69) is 171 Å². The largest absolute Gasteiger partial charge is 0.476 e. The van der Waals surface area contributed by atoms with Crippen LogP contribution in [0.2, 0.25) is 0 Å². The van der Waals surface area contributed by atoms with Gasteiger partial charge in [-0.15, -0.1) is 22.7 Å². The summed E-state index contributed by atoms with van der Waals surface area (Å²) < 4.78 is 1.64. The highest BCUT2D eigenvalue weighted by Crippen LogP contribution is 2.58. The summed E-state index contributed by atoms with van der Waals surface area (Å²) in [5.41, 5.74) is 18.3. The van der Waals surface area contributed by atoms with E-state index in [1.54, 1.807) is 27.2 Å². The molecule has 0 atom stereocenters. The fourth-order valence-corrected chi connectivity index (χ4v) is 14.9. The minimum Gasteiger partial charge on any atom is -0.476 e. The van der Waals surface area contributed by atoms with Gasteiger partial charge in [-0.1, -0.05) is 164 Å². The maximum Gasteiger partial charge on any atom is 0.357 e. The predicted octanol–water partition coefficient (Wildman–Crippen LogP) is 18.3. The van der Waals surface area contributed by atoms with Crippen molar-refractivity contribution in [3.8, 4) is 42.4 Å². The van der Waals surface area contributed by atoms with Crippen molar-refractivity contribution < 1.29 is 9.90 Å². The van der Waals surface area contributed by atoms with E-state index in [9.17, 15) is 9.90 Å². The van der Waals surface area contributed by atoms with E-state index in [0.717, 1.165) is 52.2 Å². The summed E-state index contributed by atoms with van der Waals surface area (Å²) in [6.45, 7) is 9.34. The number of aromatic carboxylic acids is 1. The first kappa shape index (κ1) is 48.8. The molecule has 0 unspecified atom stereocenters. The van der Waals surface area contributed by atoms with Gasteiger partial charge in [0.15, 0.2) is 11.3 Å². The van der Waals surface area contributed by atoms with Crippen LogP contribution in [0, 0.1) is 0 Å². The fourth-order valence-electron chi connectivity index (χ4n) is 12.8. The molecular weight excluding hydrogens is 957 g/mol. The van der Waals surface area contributed by atoms with Gasteiger partial charge in [-0.25, -0.2) is 14.3 Å². The molecule has 4 aromatic heterocycles. The zero-order chi connectivity index (χ0) is 51.3. The molecule has 376 valence electrons. The molecule has 0 saturated carbocycles. The first-order valence-electron chi connectivity index (χ1n) is 27.4. The molecule has 1 N–H and O–H groups in total. The van der Waals surface area contributed by atoms with E-state index < -0.39 is 5.97 Å². The Morgan fingerprint density at radius 3 is 1.61 bits per heavy atom. The number of thiophene rings is 2. The van der Waals surface area contributed by atoms with Crippen LogP contribution in [-0.4, -0.2) is 25.7 Å². The Kier molecular flexibility index (Phi) is 13.1. The van der Waals surface area contributed by atoms with Gasteiger partial charge >= 0.3 is 5.97 Å². The molecule has 75 heavy (non-hydrogen) atoms. The summed E-state index contributed by atoms with van der Waals surface area (Å²) in [6, 6.07) is 58.9. The minimum absolute atomic E-state index is 0.00114. The molecule has 0 spiro atoms. The lowest BCUT2D eigenvalue weighted by Crippen LogP contribution is -2.26. The molecule has 6 nitrogen and oxygen atoms in total. The molecule has 6 aromatic carbocycles. The number of carboxylic acids is 1. The molecule has 0 saturated heterocycles. The lowest BCUT2D eigenvalue weighted by molar-refractivity contribution is 0.0689. The third-order valence-electron chi connectivity index (χ3n) is 16.5. The van der Waals surface area contributed by atoms with Crippen LogP contribution in [0.3, 0.4) is 0 Å². The molecule has 0 fully saturated rings. The molecule has 2 aliphatic carbocycles. The van der Waals surface area contributed by atoms with Gasteiger partial charge in [-0.05, 0) is 155 Å². The topological polar surface area (TPSA) is 70.7 Å². The van der Waals surface area contributed by atoms with Crippen LogP contribution in [0.5, 0.6) is 0 Å². The van der Waals surface area contributed by atoms with Crippen molar-refractivity contribution in [1.29, 1.82) is 0 Å². The van der Waals surface area contributed by atoms with Gasteiger partial charge in [0.05, 0.1) is 16.3 Å². The van der Waals surface area contributed by atoms with Crippen molar-refractivity contribution in [3.63, 3.8) is 0 Å². The Bertz CT molecular complexity index is 3670. The molecule has 0 radical (unpaired) electrons. The lowest BCUT2D eigenvalue weighted by atomic mass is 9.70. The summed E-state index contributed by atoms with van der Waals surface area (Å²) >= 11 is 3.43. The second-order valence-corrected chi connectivity index (χ2v) is 23.1. The van der Waals surface area contributed by atoms with Crippen LogP contribution in [0.15, 0.2) is 158 Å². The van der Waals surface area contributed by atoms with Crippen LogP contribution in [0.1, 0.15) is 142 Å². The average molecular weight is 1020 g/mol. The molecular formula is C67H64N4O2S2. The quantitative estimate of drug-likeness (QED) is 0.0874. The number of hydrogen-bond acceptors (Lipinski definition) is 6. The second kappa shape index (κ2) is 20.2. The lowest BCUT2D eigenvalue weighted by Gasteiger charge is -2.35. The maximum atomic E-state index is 12.4. The Labute approximate surface area is 449 Å². The summed E-state index contributed by atoms with van der Waals surface area (Å²) in [5.74, 6) is -1.07. The van der Waals surface area contributed by atoms with Crippen LogP contribution in [0.4, 0.5) is 17.1 Å². The normalized spacial score (nSPS) is 14.1. The van der Waals surface area contributed by atoms with Crippen LogP contribution in [-0.2, 0) is 10.8 Å². The number of carboxylic acid groups (broad SMARTS) is 1. The maximum absolute atomic E-state index is 12.4. The highest BCUT2D eigenvalue weighted by molar-refractivity contribution is 7.24. The number of anilines is 3. The van der Waals surface area contributed by atoms with E-state index in [0.29, 0.717) is 10.9 Å². The van der Waals surface area contributed by atoms with Crippen LogP contribution < -0.4 is 10.1 Å².